The van der Waals surface area contributed by atoms with Crippen LogP contribution < -0.4 is 0 Å². The quantitative estimate of drug-likeness (QED) is 0.577. The maximum atomic E-state index is 12.8. The molecule has 0 saturated carbocycles. The van der Waals surface area contributed by atoms with Gasteiger partial charge in [-0.2, -0.15) is 5.26 Å². The van der Waals surface area contributed by atoms with E-state index < -0.39 is 5.92 Å². The number of rotatable bonds is 4. The third-order valence-corrected chi connectivity index (χ3v) is 4.54. The number of hydrogen-bond acceptors (Lipinski definition) is 3. The topological polar surface area (TPSA) is 63.6 Å². The van der Waals surface area contributed by atoms with Gasteiger partial charge in [-0.3, -0.25) is 4.79 Å². The Hall–Kier alpha value is -3.39. The van der Waals surface area contributed by atoms with E-state index in [1.807, 2.05) is 77.0 Å². The standard InChI is InChI=1S/C20H16N4O/c1-23-18-9-5-3-7-16(18)22-20(23)15(12-21)19(25)13-24-11-10-14-6-2-4-8-17(14)24/h2-11,15H,13H2,1H3. The first-order valence-corrected chi connectivity index (χ1v) is 8.06. The van der Waals surface area contributed by atoms with E-state index in [0.717, 1.165) is 21.9 Å². The minimum absolute atomic E-state index is 0.148. The first kappa shape index (κ1) is 15.2. The van der Waals surface area contributed by atoms with Crippen LogP contribution in [-0.4, -0.2) is 19.9 Å². The van der Waals surface area contributed by atoms with Crippen molar-refractivity contribution in [3.05, 3.63) is 66.6 Å². The van der Waals surface area contributed by atoms with Crippen molar-refractivity contribution >= 4 is 27.7 Å². The van der Waals surface area contributed by atoms with Crippen LogP contribution in [0.4, 0.5) is 0 Å². The van der Waals surface area contributed by atoms with Crippen LogP contribution in [0.15, 0.2) is 60.8 Å². The van der Waals surface area contributed by atoms with Crippen molar-refractivity contribution in [3.63, 3.8) is 0 Å². The van der Waals surface area contributed by atoms with Crippen molar-refractivity contribution in [1.82, 2.24) is 14.1 Å². The van der Waals surface area contributed by atoms with E-state index in [9.17, 15) is 10.1 Å². The van der Waals surface area contributed by atoms with Gasteiger partial charge in [0.2, 0.25) is 0 Å². The largest absolute Gasteiger partial charge is 0.340 e. The molecule has 4 rings (SSSR count). The smallest absolute Gasteiger partial charge is 0.177 e. The summed E-state index contributed by atoms with van der Waals surface area (Å²) in [5.41, 5.74) is 2.69. The van der Waals surface area contributed by atoms with Gasteiger partial charge in [-0.1, -0.05) is 30.3 Å². The van der Waals surface area contributed by atoms with Crippen LogP contribution in [0.3, 0.4) is 0 Å². The summed E-state index contributed by atoms with van der Waals surface area (Å²) in [6.07, 6.45) is 1.88. The van der Waals surface area contributed by atoms with Crippen LogP contribution in [-0.2, 0) is 18.4 Å². The van der Waals surface area contributed by atoms with Gasteiger partial charge in [-0.15, -0.1) is 0 Å². The van der Waals surface area contributed by atoms with Gasteiger partial charge in [0.1, 0.15) is 5.82 Å². The average molecular weight is 328 g/mol. The second-order valence-corrected chi connectivity index (χ2v) is 6.05. The summed E-state index contributed by atoms with van der Waals surface area (Å²) in [6.45, 7) is 0.148. The highest BCUT2D eigenvalue weighted by Crippen LogP contribution is 2.23. The Labute approximate surface area is 144 Å². The monoisotopic (exact) mass is 328 g/mol. The van der Waals surface area contributed by atoms with Gasteiger partial charge in [0.25, 0.3) is 0 Å². The number of carbonyl (C=O) groups is 1. The lowest BCUT2D eigenvalue weighted by Crippen LogP contribution is -2.20. The average Bonchev–Trinajstić information content (AvgIpc) is 3.18. The molecule has 5 heteroatoms. The molecular formula is C20H16N4O. The van der Waals surface area contributed by atoms with Gasteiger partial charge in [-0.05, 0) is 29.7 Å². The molecule has 2 aromatic carbocycles. The normalized spacial score (nSPS) is 12.3. The summed E-state index contributed by atoms with van der Waals surface area (Å²) in [5, 5.41) is 10.7. The van der Waals surface area contributed by atoms with Crippen LogP contribution in [0.1, 0.15) is 11.7 Å². The highest BCUT2D eigenvalue weighted by Gasteiger charge is 2.26. The molecule has 0 fully saturated rings. The van der Waals surface area contributed by atoms with Gasteiger partial charge in [-0.25, -0.2) is 4.98 Å². The minimum Gasteiger partial charge on any atom is -0.340 e. The van der Waals surface area contributed by atoms with E-state index in [1.165, 1.54) is 0 Å². The number of aromatic nitrogens is 3. The number of aryl methyl sites for hydroxylation is 1. The third kappa shape index (κ3) is 2.48. The summed E-state index contributed by atoms with van der Waals surface area (Å²) >= 11 is 0. The van der Waals surface area contributed by atoms with Crippen LogP contribution in [0.5, 0.6) is 0 Å². The van der Waals surface area contributed by atoms with Gasteiger partial charge >= 0.3 is 0 Å². The molecular weight excluding hydrogens is 312 g/mol. The van der Waals surface area contributed by atoms with Crippen molar-refractivity contribution in [2.45, 2.75) is 12.5 Å². The molecule has 2 aromatic heterocycles. The van der Waals surface area contributed by atoms with Crippen molar-refractivity contribution in [2.75, 3.05) is 0 Å². The van der Waals surface area contributed by atoms with Gasteiger partial charge < -0.3 is 9.13 Å². The number of imidazole rings is 1. The first-order chi connectivity index (χ1) is 12.2. The number of fused-ring (bicyclic) bond motifs is 2. The predicted molar refractivity (Wildman–Crippen MR) is 96.0 cm³/mol. The summed E-state index contributed by atoms with van der Waals surface area (Å²) < 4.78 is 3.71. The Kier molecular flexibility index (Phi) is 3.58. The predicted octanol–water partition coefficient (Wildman–Crippen LogP) is 3.40. The molecule has 0 N–H and O–H groups in total. The number of carbonyl (C=O) groups excluding carboxylic acids is 1. The van der Waals surface area contributed by atoms with E-state index in [-0.39, 0.29) is 12.3 Å². The molecule has 1 unspecified atom stereocenters. The van der Waals surface area contributed by atoms with Crippen LogP contribution in [0, 0.1) is 11.3 Å². The number of hydrogen-bond donors (Lipinski definition) is 0. The molecule has 0 spiro atoms. The molecule has 1 atom stereocenters. The van der Waals surface area contributed by atoms with Crippen molar-refractivity contribution in [3.8, 4) is 6.07 Å². The molecule has 122 valence electrons. The van der Waals surface area contributed by atoms with Crippen molar-refractivity contribution in [2.24, 2.45) is 7.05 Å². The molecule has 0 radical (unpaired) electrons. The number of Topliss-reactive ketones (excluding diaryl/α,β-unsaturated/α-hetero) is 1. The maximum Gasteiger partial charge on any atom is 0.177 e. The van der Waals surface area contributed by atoms with Crippen molar-refractivity contribution < 1.29 is 4.79 Å². The number of nitrogens with zero attached hydrogens (tertiary/aromatic N) is 4. The molecule has 25 heavy (non-hydrogen) atoms. The molecule has 0 saturated heterocycles. The second-order valence-electron chi connectivity index (χ2n) is 6.05. The Morgan fingerprint density at radius 3 is 2.60 bits per heavy atom. The zero-order valence-electron chi connectivity index (χ0n) is 13.8. The summed E-state index contributed by atoms with van der Waals surface area (Å²) in [6, 6.07) is 19.6. The highest BCUT2D eigenvalue weighted by molar-refractivity contribution is 5.90. The lowest BCUT2D eigenvalue weighted by Gasteiger charge is -2.10. The first-order valence-electron chi connectivity index (χ1n) is 8.06. The highest BCUT2D eigenvalue weighted by atomic mass is 16.1. The van der Waals surface area contributed by atoms with E-state index in [1.54, 1.807) is 0 Å². The lowest BCUT2D eigenvalue weighted by atomic mass is 10.1. The number of benzene rings is 2. The van der Waals surface area contributed by atoms with Gasteiger partial charge in [0.15, 0.2) is 11.7 Å². The Morgan fingerprint density at radius 2 is 1.84 bits per heavy atom. The number of ketones is 1. The zero-order valence-corrected chi connectivity index (χ0v) is 13.8. The number of nitriles is 1. The van der Waals surface area contributed by atoms with Crippen LogP contribution in [0.2, 0.25) is 0 Å². The zero-order chi connectivity index (χ0) is 17.4. The van der Waals surface area contributed by atoms with Crippen LogP contribution in [0.25, 0.3) is 21.9 Å². The molecule has 0 aliphatic rings. The maximum absolute atomic E-state index is 12.8. The molecule has 0 aliphatic carbocycles. The minimum atomic E-state index is -0.890. The number of para-hydroxylation sites is 3. The van der Waals surface area contributed by atoms with Crippen LogP contribution >= 0.6 is 0 Å². The molecule has 0 aliphatic heterocycles. The van der Waals surface area contributed by atoms with E-state index >= 15 is 0 Å². The Morgan fingerprint density at radius 1 is 1.12 bits per heavy atom. The van der Waals surface area contributed by atoms with E-state index in [0.29, 0.717) is 5.82 Å². The summed E-state index contributed by atoms with van der Waals surface area (Å²) in [4.78, 5) is 17.3. The SMILES string of the molecule is Cn1c(C(C#N)C(=O)Cn2ccc3ccccc32)nc2ccccc21. The fourth-order valence-electron chi connectivity index (χ4n) is 3.23. The van der Waals surface area contributed by atoms with E-state index in [2.05, 4.69) is 11.1 Å². The molecule has 4 aromatic rings. The molecule has 0 bridgehead atoms. The summed E-state index contributed by atoms with van der Waals surface area (Å²) in [7, 11) is 1.84. The molecule has 0 amide bonds. The van der Waals surface area contributed by atoms with E-state index in [4.69, 9.17) is 0 Å². The fraction of sp³-hybridized carbons (Fsp3) is 0.150. The lowest BCUT2D eigenvalue weighted by molar-refractivity contribution is -0.120. The molecule has 5 nitrogen and oxygen atoms in total. The third-order valence-electron chi connectivity index (χ3n) is 4.54. The second kappa shape index (κ2) is 5.91. The molecule has 2 heterocycles. The summed E-state index contributed by atoms with van der Waals surface area (Å²) in [5.74, 6) is -0.564. The Balaban J connectivity index is 1.69. The van der Waals surface area contributed by atoms with Crippen molar-refractivity contribution in [1.29, 1.82) is 5.26 Å². The van der Waals surface area contributed by atoms with Gasteiger partial charge in [0, 0.05) is 18.8 Å². The fourth-order valence-corrected chi connectivity index (χ4v) is 3.23. The van der Waals surface area contributed by atoms with Gasteiger partial charge in [0.05, 0.1) is 23.6 Å². The Bertz CT molecular complexity index is 1130.